The minimum atomic E-state index is -4.20. The van der Waals surface area contributed by atoms with Crippen LogP contribution in [0.1, 0.15) is 12.1 Å². The van der Waals surface area contributed by atoms with Crippen LogP contribution in [0.5, 0.6) is 0 Å². The monoisotopic (exact) mass is 207 g/mol. The average Bonchev–Trinajstić information content (AvgIpc) is 2.30. The second kappa shape index (κ2) is 4.00. The molecule has 0 aliphatic carbocycles. The summed E-state index contributed by atoms with van der Waals surface area (Å²) >= 11 is 0. The van der Waals surface area contributed by atoms with E-state index in [1.165, 1.54) is 4.68 Å². The fourth-order valence-corrected chi connectivity index (χ4v) is 1.21. The first-order valence-corrected chi connectivity index (χ1v) is 4.17. The van der Waals surface area contributed by atoms with Crippen LogP contribution in [0.2, 0.25) is 0 Å². The van der Waals surface area contributed by atoms with E-state index < -0.39 is 18.6 Å². The molecule has 0 amide bonds. The third-order valence-corrected chi connectivity index (χ3v) is 1.73. The maximum absolute atomic E-state index is 11.9. The molecule has 14 heavy (non-hydrogen) atoms. The molecule has 0 aliphatic rings. The van der Waals surface area contributed by atoms with Gasteiger partial charge in [-0.05, 0) is 6.07 Å². The van der Waals surface area contributed by atoms with Gasteiger partial charge in [-0.3, -0.25) is 4.68 Å². The summed E-state index contributed by atoms with van der Waals surface area (Å²) in [6.07, 6.45) is -3.34. The van der Waals surface area contributed by atoms with Gasteiger partial charge in [0.25, 0.3) is 0 Å². The van der Waals surface area contributed by atoms with Gasteiger partial charge in [-0.1, -0.05) is 0 Å². The highest BCUT2D eigenvalue weighted by atomic mass is 19.4. The van der Waals surface area contributed by atoms with Crippen LogP contribution in [0.25, 0.3) is 0 Å². The highest BCUT2D eigenvalue weighted by Crippen LogP contribution is 2.21. The zero-order valence-corrected chi connectivity index (χ0v) is 7.75. The van der Waals surface area contributed by atoms with E-state index in [9.17, 15) is 13.2 Å². The largest absolute Gasteiger partial charge is 0.390 e. The molecule has 0 bridgehead atoms. The molecule has 1 rings (SSSR count). The maximum Gasteiger partial charge on any atom is 0.390 e. The third-order valence-electron chi connectivity index (χ3n) is 1.73. The Kier molecular flexibility index (Phi) is 3.15. The fourth-order valence-electron chi connectivity index (χ4n) is 1.21. The normalized spacial score (nSPS) is 14.4. The number of halogens is 3. The predicted octanol–water partition coefficient (Wildman–Crippen LogP) is 1.24. The van der Waals surface area contributed by atoms with Crippen molar-refractivity contribution in [2.24, 2.45) is 12.8 Å². The van der Waals surface area contributed by atoms with Gasteiger partial charge in [-0.2, -0.15) is 18.3 Å². The van der Waals surface area contributed by atoms with Gasteiger partial charge in [0.15, 0.2) is 0 Å². The van der Waals surface area contributed by atoms with Gasteiger partial charge in [-0.15, -0.1) is 0 Å². The van der Waals surface area contributed by atoms with Gasteiger partial charge < -0.3 is 5.73 Å². The molecule has 6 heteroatoms. The topological polar surface area (TPSA) is 43.8 Å². The Bertz CT molecular complexity index is 292. The lowest BCUT2D eigenvalue weighted by atomic mass is 10.1. The highest BCUT2D eigenvalue weighted by molar-refractivity contribution is 5.01. The van der Waals surface area contributed by atoms with Gasteiger partial charge in [0.2, 0.25) is 0 Å². The molecule has 0 saturated heterocycles. The Morgan fingerprint density at radius 1 is 1.57 bits per heavy atom. The molecule has 0 radical (unpaired) electrons. The molecule has 1 unspecified atom stereocenters. The number of rotatable bonds is 3. The molecule has 80 valence electrons. The van der Waals surface area contributed by atoms with Crippen molar-refractivity contribution >= 4 is 0 Å². The lowest BCUT2D eigenvalue weighted by molar-refractivity contribution is -0.138. The Labute approximate surface area is 79.7 Å². The molecule has 1 aromatic heterocycles. The molecule has 0 aromatic carbocycles. The van der Waals surface area contributed by atoms with Gasteiger partial charge in [0, 0.05) is 25.7 Å². The first-order valence-electron chi connectivity index (χ1n) is 4.17. The second-order valence-corrected chi connectivity index (χ2v) is 3.26. The van der Waals surface area contributed by atoms with Crippen molar-refractivity contribution < 1.29 is 13.2 Å². The van der Waals surface area contributed by atoms with Gasteiger partial charge in [0.05, 0.1) is 12.1 Å². The minimum absolute atomic E-state index is 0.153. The SMILES string of the molecule is Cn1ccc(CC(N)CC(F)(F)F)n1. The Morgan fingerprint density at radius 3 is 2.64 bits per heavy atom. The Morgan fingerprint density at radius 2 is 2.21 bits per heavy atom. The summed E-state index contributed by atoms with van der Waals surface area (Å²) < 4.78 is 37.3. The number of aromatic nitrogens is 2. The van der Waals surface area contributed by atoms with Crippen LogP contribution >= 0.6 is 0 Å². The standard InChI is InChI=1S/C8H12F3N3/c1-14-3-2-7(13-14)4-6(12)5-8(9,10)11/h2-3,6H,4-5,12H2,1H3. The fraction of sp³-hybridized carbons (Fsp3) is 0.625. The summed E-state index contributed by atoms with van der Waals surface area (Å²) in [4.78, 5) is 0. The van der Waals surface area contributed by atoms with E-state index in [1.807, 2.05) is 0 Å². The van der Waals surface area contributed by atoms with E-state index in [1.54, 1.807) is 19.3 Å². The molecular weight excluding hydrogens is 195 g/mol. The zero-order valence-electron chi connectivity index (χ0n) is 7.75. The van der Waals surface area contributed by atoms with Crippen molar-refractivity contribution in [3.05, 3.63) is 18.0 Å². The summed E-state index contributed by atoms with van der Waals surface area (Å²) in [6, 6.07) is 0.751. The maximum atomic E-state index is 11.9. The lowest BCUT2D eigenvalue weighted by Crippen LogP contribution is -2.29. The van der Waals surface area contributed by atoms with Gasteiger partial charge in [-0.25, -0.2) is 0 Å². The summed E-state index contributed by atoms with van der Waals surface area (Å²) in [7, 11) is 1.71. The van der Waals surface area contributed by atoms with Crippen molar-refractivity contribution in [1.82, 2.24) is 9.78 Å². The number of nitrogens with zero attached hydrogens (tertiary/aromatic N) is 2. The molecule has 2 N–H and O–H groups in total. The van der Waals surface area contributed by atoms with Crippen molar-refractivity contribution in [2.45, 2.75) is 25.1 Å². The second-order valence-electron chi connectivity index (χ2n) is 3.26. The summed E-state index contributed by atoms with van der Waals surface area (Å²) in [6.45, 7) is 0. The molecule has 1 heterocycles. The van der Waals surface area contributed by atoms with Crippen LogP contribution < -0.4 is 5.73 Å². The average molecular weight is 207 g/mol. The summed E-state index contributed by atoms with van der Waals surface area (Å²) in [5.74, 6) is 0. The van der Waals surface area contributed by atoms with E-state index in [0.29, 0.717) is 5.69 Å². The summed E-state index contributed by atoms with van der Waals surface area (Å²) in [5, 5.41) is 3.95. The predicted molar refractivity (Wildman–Crippen MR) is 45.6 cm³/mol. The molecule has 0 fully saturated rings. The lowest BCUT2D eigenvalue weighted by Gasteiger charge is -2.12. The molecule has 0 spiro atoms. The van der Waals surface area contributed by atoms with E-state index in [4.69, 9.17) is 5.73 Å². The van der Waals surface area contributed by atoms with Gasteiger partial charge in [0.1, 0.15) is 0 Å². The first-order chi connectivity index (χ1) is 6.37. The molecular formula is C8H12F3N3. The number of nitrogens with two attached hydrogens (primary N) is 1. The molecule has 0 saturated carbocycles. The van der Waals surface area contributed by atoms with Crippen LogP contribution in [-0.4, -0.2) is 22.0 Å². The molecule has 1 atom stereocenters. The van der Waals surface area contributed by atoms with Crippen LogP contribution in [0.4, 0.5) is 13.2 Å². The Hall–Kier alpha value is -1.04. The van der Waals surface area contributed by atoms with Crippen molar-refractivity contribution in [3.8, 4) is 0 Å². The van der Waals surface area contributed by atoms with Crippen molar-refractivity contribution in [1.29, 1.82) is 0 Å². The first kappa shape index (κ1) is 11.0. The number of hydrogen-bond donors (Lipinski definition) is 1. The van der Waals surface area contributed by atoms with Crippen LogP contribution in [0.15, 0.2) is 12.3 Å². The van der Waals surface area contributed by atoms with Crippen molar-refractivity contribution in [2.75, 3.05) is 0 Å². The Balaban J connectivity index is 2.45. The van der Waals surface area contributed by atoms with E-state index in [-0.39, 0.29) is 6.42 Å². The minimum Gasteiger partial charge on any atom is -0.327 e. The molecule has 0 aliphatic heterocycles. The van der Waals surface area contributed by atoms with Crippen LogP contribution in [0.3, 0.4) is 0 Å². The van der Waals surface area contributed by atoms with E-state index >= 15 is 0 Å². The molecule has 1 aromatic rings. The highest BCUT2D eigenvalue weighted by Gasteiger charge is 2.30. The van der Waals surface area contributed by atoms with Gasteiger partial charge >= 0.3 is 6.18 Å². The third kappa shape index (κ3) is 3.78. The quantitative estimate of drug-likeness (QED) is 0.810. The summed E-state index contributed by atoms with van der Waals surface area (Å²) in [5.41, 5.74) is 5.92. The zero-order chi connectivity index (χ0) is 10.8. The van der Waals surface area contributed by atoms with E-state index in [2.05, 4.69) is 5.10 Å². The van der Waals surface area contributed by atoms with Crippen molar-refractivity contribution in [3.63, 3.8) is 0 Å². The number of hydrogen-bond acceptors (Lipinski definition) is 2. The number of alkyl halides is 3. The van der Waals surface area contributed by atoms with Crippen LogP contribution in [-0.2, 0) is 13.5 Å². The van der Waals surface area contributed by atoms with Crippen LogP contribution in [0, 0.1) is 0 Å². The number of aryl methyl sites for hydroxylation is 1. The van der Waals surface area contributed by atoms with E-state index in [0.717, 1.165) is 0 Å². The molecule has 3 nitrogen and oxygen atoms in total. The smallest absolute Gasteiger partial charge is 0.327 e.